The van der Waals surface area contributed by atoms with E-state index in [4.69, 9.17) is 5.73 Å². The van der Waals surface area contributed by atoms with Gasteiger partial charge < -0.3 is 16.0 Å². The maximum absolute atomic E-state index is 11.4. The van der Waals surface area contributed by atoms with E-state index in [0.29, 0.717) is 12.5 Å². The number of halogens is 2. The molecule has 15 heavy (non-hydrogen) atoms. The number of nitrogens with two attached hydrogens (primary N) is 1. The van der Waals surface area contributed by atoms with Gasteiger partial charge in [0.1, 0.15) is 0 Å². The van der Waals surface area contributed by atoms with E-state index in [2.05, 4.69) is 5.32 Å². The number of hydrogen-bond acceptors (Lipinski definition) is 3. The average Bonchev–Trinajstić information content (AvgIpc) is 2.84. The topological polar surface area (TPSA) is 58.4 Å². The van der Waals surface area contributed by atoms with Gasteiger partial charge in [0.2, 0.25) is 5.91 Å². The number of amides is 1. The van der Waals surface area contributed by atoms with Gasteiger partial charge in [0.25, 0.3) is 0 Å². The minimum absolute atomic E-state index is 0. The molecule has 1 fully saturated rings. The molecule has 1 saturated carbocycles. The number of nitrogens with zero attached hydrogens (tertiary/aromatic N) is 1. The largest absolute Gasteiger partial charge is 0.353 e. The zero-order chi connectivity index (χ0) is 9.84. The number of carbonyl (C=O) groups excluding carboxylic acids is 1. The highest BCUT2D eigenvalue weighted by molar-refractivity contribution is 5.85. The lowest BCUT2D eigenvalue weighted by Crippen LogP contribution is -2.44. The number of nitrogens with one attached hydrogen (secondary N) is 1. The Morgan fingerprint density at radius 3 is 2.40 bits per heavy atom. The first kappa shape index (κ1) is 17.4. The van der Waals surface area contributed by atoms with Crippen LogP contribution in [0.5, 0.6) is 0 Å². The van der Waals surface area contributed by atoms with Crippen molar-refractivity contribution in [1.82, 2.24) is 10.2 Å². The van der Waals surface area contributed by atoms with Crippen LogP contribution in [-0.4, -0.2) is 44.0 Å². The first-order chi connectivity index (χ1) is 6.11. The molecule has 0 aromatic rings. The number of rotatable bonds is 5. The van der Waals surface area contributed by atoms with E-state index in [9.17, 15) is 4.79 Å². The van der Waals surface area contributed by atoms with Gasteiger partial charge in [0, 0.05) is 13.1 Å². The summed E-state index contributed by atoms with van der Waals surface area (Å²) in [6.45, 7) is 1.55. The van der Waals surface area contributed by atoms with Crippen molar-refractivity contribution < 1.29 is 4.79 Å². The van der Waals surface area contributed by atoms with Gasteiger partial charge in [-0.25, -0.2) is 0 Å². The van der Waals surface area contributed by atoms with Gasteiger partial charge in [-0.15, -0.1) is 24.8 Å². The molecule has 92 valence electrons. The fourth-order valence-electron chi connectivity index (χ4n) is 1.19. The zero-order valence-corrected chi connectivity index (χ0v) is 10.9. The van der Waals surface area contributed by atoms with E-state index in [1.165, 1.54) is 0 Å². The third kappa shape index (κ3) is 6.95. The Bertz CT molecular complexity index is 186. The van der Waals surface area contributed by atoms with E-state index in [0.717, 1.165) is 19.4 Å². The van der Waals surface area contributed by atoms with Gasteiger partial charge in [0.15, 0.2) is 0 Å². The number of likely N-dealkylation sites (N-methyl/N-ethyl adjacent to an activating group) is 1. The van der Waals surface area contributed by atoms with Gasteiger partial charge in [-0.05, 0) is 32.9 Å². The van der Waals surface area contributed by atoms with Crippen LogP contribution in [-0.2, 0) is 4.79 Å². The molecule has 4 nitrogen and oxygen atoms in total. The van der Waals surface area contributed by atoms with Crippen LogP contribution in [0.25, 0.3) is 0 Å². The molecule has 0 aliphatic heterocycles. The average molecular weight is 258 g/mol. The Kier molecular flexibility index (Phi) is 9.45. The summed E-state index contributed by atoms with van der Waals surface area (Å²) in [6.07, 6.45) is 2.23. The van der Waals surface area contributed by atoms with Gasteiger partial charge in [-0.3, -0.25) is 4.79 Å². The van der Waals surface area contributed by atoms with Crippen LogP contribution in [0.1, 0.15) is 12.8 Å². The van der Waals surface area contributed by atoms with Crippen molar-refractivity contribution >= 4 is 30.7 Å². The summed E-state index contributed by atoms with van der Waals surface area (Å²) >= 11 is 0. The van der Waals surface area contributed by atoms with Gasteiger partial charge in [-0.2, -0.15) is 0 Å². The highest BCUT2D eigenvalue weighted by atomic mass is 35.5. The summed E-state index contributed by atoms with van der Waals surface area (Å²) in [6, 6.07) is -0.276. The van der Waals surface area contributed by atoms with Crippen LogP contribution in [0, 0.1) is 5.92 Å². The second-order valence-electron chi connectivity index (χ2n) is 3.96. The standard InChI is InChI=1S/C9H19N3O.2ClH/c1-12(2)6-5-11-9(13)8(10)7-3-4-7;;/h7-8H,3-6,10H2,1-2H3,(H,11,13);2*1H/t8-;;/m1../s1. The molecule has 1 atom stereocenters. The lowest BCUT2D eigenvalue weighted by molar-refractivity contribution is -0.122. The van der Waals surface area contributed by atoms with Crippen molar-refractivity contribution in [3.05, 3.63) is 0 Å². The van der Waals surface area contributed by atoms with E-state index in [1.807, 2.05) is 19.0 Å². The summed E-state index contributed by atoms with van der Waals surface area (Å²) in [4.78, 5) is 13.4. The Hall–Kier alpha value is -0.0300. The van der Waals surface area contributed by atoms with Crippen molar-refractivity contribution in [2.45, 2.75) is 18.9 Å². The van der Waals surface area contributed by atoms with Crippen LogP contribution in [0.4, 0.5) is 0 Å². The summed E-state index contributed by atoms with van der Waals surface area (Å²) in [5.74, 6) is 0.448. The smallest absolute Gasteiger partial charge is 0.237 e. The Labute approximate surface area is 104 Å². The van der Waals surface area contributed by atoms with Gasteiger partial charge in [0.05, 0.1) is 6.04 Å². The molecule has 0 aromatic heterocycles. The van der Waals surface area contributed by atoms with E-state index >= 15 is 0 Å². The Balaban J connectivity index is 0. The molecule has 6 heteroatoms. The molecule has 0 bridgehead atoms. The van der Waals surface area contributed by atoms with Crippen molar-refractivity contribution in [2.75, 3.05) is 27.2 Å². The molecular weight excluding hydrogens is 237 g/mol. The predicted octanol–water partition coefficient (Wildman–Crippen LogP) is 0.245. The van der Waals surface area contributed by atoms with E-state index in [-0.39, 0.29) is 36.8 Å². The molecule has 1 amide bonds. The highest BCUT2D eigenvalue weighted by Crippen LogP contribution is 2.31. The molecule has 1 aliphatic carbocycles. The van der Waals surface area contributed by atoms with Crippen LogP contribution >= 0.6 is 24.8 Å². The summed E-state index contributed by atoms with van der Waals surface area (Å²) in [7, 11) is 3.96. The molecule has 3 N–H and O–H groups in total. The second-order valence-corrected chi connectivity index (χ2v) is 3.96. The lowest BCUT2D eigenvalue weighted by Gasteiger charge is -2.13. The molecule has 0 saturated heterocycles. The Morgan fingerprint density at radius 2 is 2.00 bits per heavy atom. The Morgan fingerprint density at radius 1 is 1.47 bits per heavy atom. The third-order valence-corrected chi connectivity index (χ3v) is 2.29. The fourth-order valence-corrected chi connectivity index (χ4v) is 1.19. The van der Waals surface area contributed by atoms with Gasteiger partial charge in [-0.1, -0.05) is 0 Å². The lowest BCUT2D eigenvalue weighted by atomic mass is 10.2. The van der Waals surface area contributed by atoms with Crippen molar-refractivity contribution in [3.8, 4) is 0 Å². The molecule has 0 aromatic carbocycles. The number of hydrogen-bond donors (Lipinski definition) is 2. The minimum Gasteiger partial charge on any atom is -0.353 e. The molecule has 1 aliphatic rings. The van der Waals surface area contributed by atoms with Crippen molar-refractivity contribution in [1.29, 1.82) is 0 Å². The molecule has 0 spiro atoms. The normalized spacial score (nSPS) is 16.3. The van der Waals surface area contributed by atoms with E-state index in [1.54, 1.807) is 0 Å². The van der Waals surface area contributed by atoms with Crippen LogP contribution in [0.15, 0.2) is 0 Å². The number of carbonyl (C=O) groups is 1. The van der Waals surface area contributed by atoms with Gasteiger partial charge >= 0.3 is 0 Å². The first-order valence-corrected chi connectivity index (χ1v) is 4.79. The maximum atomic E-state index is 11.4. The van der Waals surface area contributed by atoms with Crippen LogP contribution in [0.2, 0.25) is 0 Å². The monoisotopic (exact) mass is 257 g/mol. The van der Waals surface area contributed by atoms with Crippen LogP contribution < -0.4 is 11.1 Å². The molecule has 0 heterocycles. The fraction of sp³-hybridized carbons (Fsp3) is 0.889. The summed E-state index contributed by atoms with van der Waals surface area (Å²) < 4.78 is 0. The van der Waals surface area contributed by atoms with Crippen molar-refractivity contribution in [2.24, 2.45) is 11.7 Å². The van der Waals surface area contributed by atoms with Crippen LogP contribution in [0.3, 0.4) is 0 Å². The highest BCUT2D eigenvalue weighted by Gasteiger charge is 2.32. The summed E-state index contributed by atoms with van der Waals surface area (Å²) in [5, 5.41) is 2.83. The first-order valence-electron chi connectivity index (χ1n) is 4.79. The zero-order valence-electron chi connectivity index (χ0n) is 9.23. The summed E-state index contributed by atoms with van der Waals surface area (Å²) in [5.41, 5.74) is 5.71. The quantitative estimate of drug-likeness (QED) is 0.743. The molecule has 0 radical (unpaired) electrons. The third-order valence-electron chi connectivity index (χ3n) is 2.29. The SMILES string of the molecule is CN(C)CCNC(=O)[C@H](N)C1CC1.Cl.Cl. The minimum atomic E-state index is -0.276. The second kappa shape index (κ2) is 8.16. The molecular formula is C9H21Cl2N3O. The van der Waals surface area contributed by atoms with Crippen molar-refractivity contribution in [3.63, 3.8) is 0 Å². The molecule has 1 rings (SSSR count). The molecule has 0 unspecified atom stereocenters. The predicted molar refractivity (Wildman–Crippen MR) is 66.8 cm³/mol. The maximum Gasteiger partial charge on any atom is 0.237 e. The van der Waals surface area contributed by atoms with E-state index < -0.39 is 0 Å².